The molecule has 0 N–H and O–H groups in total. The third-order valence-electron chi connectivity index (χ3n) is 3.37. The molecule has 2 aromatic heterocycles. The summed E-state index contributed by atoms with van der Waals surface area (Å²) < 4.78 is 75.8. The standard InChI is InChI=1S/C17H11F5N4O2/c1-2-9-5-25-16(26-6-9)28-10-3-12(18)14(13(19)4-10)27-11-7-23-15(24-8-11)17(20,21)22/h3-8H,2H2,1H3. The summed E-state index contributed by atoms with van der Waals surface area (Å²) in [6.07, 6.45) is 0.299. The molecule has 0 atom stereocenters. The van der Waals surface area contributed by atoms with Gasteiger partial charge in [0.15, 0.2) is 23.1 Å². The Morgan fingerprint density at radius 3 is 1.89 bits per heavy atom. The maximum Gasteiger partial charge on any atom is 0.451 e. The average Bonchev–Trinajstić information content (AvgIpc) is 2.65. The van der Waals surface area contributed by atoms with Crippen molar-refractivity contribution in [3.05, 3.63) is 59.9 Å². The van der Waals surface area contributed by atoms with E-state index in [0.717, 1.165) is 17.7 Å². The van der Waals surface area contributed by atoms with Crippen molar-refractivity contribution in [2.45, 2.75) is 19.5 Å². The molecule has 0 aliphatic rings. The summed E-state index contributed by atoms with van der Waals surface area (Å²) >= 11 is 0. The normalized spacial score (nSPS) is 11.4. The van der Waals surface area contributed by atoms with Gasteiger partial charge in [0.05, 0.1) is 12.4 Å². The SMILES string of the molecule is CCc1cnc(Oc2cc(F)c(Oc3cnc(C(F)(F)F)nc3)c(F)c2)nc1. The van der Waals surface area contributed by atoms with Gasteiger partial charge in [-0.1, -0.05) is 6.92 Å². The van der Waals surface area contributed by atoms with Crippen LogP contribution in [0.5, 0.6) is 23.3 Å². The van der Waals surface area contributed by atoms with Crippen LogP contribution in [0.15, 0.2) is 36.9 Å². The third-order valence-corrected chi connectivity index (χ3v) is 3.37. The van der Waals surface area contributed by atoms with E-state index in [1.54, 1.807) is 0 Å². The van der Waals surface area contributed by atoms with E-state index in [1.807, 2.05) is 6.92 Å². The second-order valence-electron chi connectivity index (χ2n) is 5.39. The summed E-state index contributed by atoms with van der Waals surface area (Å²) in [7, 11) is 0. The van der Waals surface area contributed by atoms with Crippen LogP contribution in [0.4, 0.5) is 22.0 Å². The van der Waals surface area contributed by atoms with Crippen LogP contribution in [0.3, 0.4) is 0 Å². The molecule has 3 aromatic rings. The number of aromatic nitrogens is 4. The van der Waals surface area contributed by atoms with Gasteiger partial charge in [-0.15, -0.1) is 0 Å². The Kier molecular flexibility index (Phi) is 5.34. The number of rotatable bonds is 5. The van der Waals surface area contributed by atoms with Gasteiger partial charge >= 0.3 is 12.2 Å². The average molecular weight is 398 g/mol. The van der Waals surface area contributed by atoms with E-state index >= 15 is 0 Å². The van der Waals surface area contributed by atoms with Gasteiger partial charge in [-0.05, 0) is 12.0 Å². The number of aryl methyl sites for hydroxylation is 1. The second kappa shape index (κ2) is 7.71. The lowest BCUT2D eigenvalue weighted by molar-refractivity contribution is -0.145. The molecule has 28 heavy (non-hydrogen) atoms. The van der Waals surface area contributed by atoms with Crippen molar-refractivity contribution in [1.82, 2.24) is 19.9 Å². The van der Waals surface area contributed by atoms with Gasteiger partial charge in [-0.2, -0.15) is 13.2 Å². The fourth-order valence-corrected chi connectivity index (χ4v) is 2.01. The largest absolute Gasteiger partial charge is 0.451 e. The number of nitrogens with zero attached hydrogens (tertiary/aromatic N) is 4. The summed E-state index contributed by atoms with van der Waals surface area (Å²) in [5.74, 6) is -5.16. The van der Waals surface area contributed by atoms with Gasteiger partial charge in [-0.25, -0.2) is 28.7 Å². The first-order valence-electron chi connectivity index (χ1n) is 7.81. The Labute approximate surface area is 155 Å². The summed E-state index contributed by atoms with van der Waals surface area (Å²) in [5, 5.41) is 0. The second-order valence-corrected chi connectivity index (χ2v) is 5.39. The number of benzene rings is 1. The quantitative estimate of drug-likeness (QED) is 0.580. The molecule has 0 saturated carbocycles. The first-order chi connectivity index (χ1) is 13.3. The molecule has 0 saturated heterocycles. The van der Waals surface area contributed by atoms with E-state index in [-0.39, 0.29) is 17.5 Å². The van der Waals surface area contributed by atoms with Crippen LogP contribution in [0.2, 0.25) is 0 Å². The molecule has 0 amide bonds. The summed E-state index contributed by atoms with van der Waals surface area (Å²) in [4.78, 5) is 13.9. The van der Waals surface area contributed by atoms with Crippen molar-refractivity contribution >= 4 is 0 Å². The fourth-order valence-electron chi connectivity index (χ4n) is 2.01. The predicted molar refractivity (Wildman–Crippen MR) is 85.0 cm³/mol. The maximum absolute atomic E-state index is 14.2. The van der Waals surface area contributed by atoms with Crippen LogP contribution in [-0.4, -0.2) is 19.9 Å². The van der Waals surface area contributed by atoms with E-state index in [2.05, 4.69) is 19.9 Å². The third kappa shape index (κ3) is 4.48. The van der Waals surface area contributed by atoms with Crippen molar-refractivity contribution < 1.29 is 31.4 Å². The van der Waals surface area contributed by atoms with Gasteiger partial charge in [0.1, 0.15) is 5.75 Å². The lowest BCUT2D eigenvalue weighted by atomic mass is 10.3. The summed E-state index contributed by atoms with van der Waals surface area (Å²) in [6.45, 7) is 1.91. The Balaban J connectivity index is 1.77. The van der Waals surface area contributed by atoms with Gasteiger partial charge in [-0.3, -0.25) is 0 Å². The first kappa shape index (κ1) is 19.4. The smallest absolute Gasteiger partial charge is 0.448 e. The Morgan fingerprint density at radius 2 is 1.39 bits per heavy atom. The van der Waals surface area contributed by atoms with Gasteiger partial charge in [0.2, 0.25) is 5.82 Å². The molecule has 6 nitrogen and oxygen atoms in total. The molecule has 11 heteroatoms. The zero-order chi connectivity index (χ0) is 20.3. The van der Waals surface area contributed by atoms with Crippen molar-refractivity contribution in [3.8, 4) is 23.3 Å². The lowest BCUT2D eigenvalue weighted by Crippen LogP contribution is -2.10. The zero-order valence-electron chi connectivity index (χ0n) is 14.2. The van der Waals surface area contributed by atoms with E-state index in [0.29, 0.717) is 18.8 Å². The van der Waals surface area contributed by atoms with Gasteiger partial charge in [0.25, 0.3) is 0 Å². The molecule has 0 aliphatic heterocycles. The van der Waals surface area contributed by atoms with E-state index in [4.69, 9.17) is 9.47 Å². The van der Waals surface area contributed by atoms with Crippen molar-refractivity contribution in [2.24, 2.45) is 0 Å². The molecular formula is C17H11F5N4O2. The van der Waals surface area contributed by atoms with Crippen molar-refractivity contribution in [3.63, 3.8) is 0 Å². The van der Waals surface area contributed by atoms with Crippen LogP contribution in [0, 0.1) is 11.6 Å². The van der Waals surface area contributed by atoms with E-state index < -0.39 is 29.4 Å². The molecule has 0 fully saturated rings. The highest BCUT2D eigenvalue weighted by molar-refractivity contribution is 5.38. The molecule has 2 heterocycles. The van der Waals surface area contributed by atoms with Crippen molar-refractivity contribution in [2.75, 3.05) is 0 Å². The number of ether oxygens (including phenoxy) is 2. The van der Waals surface area contributed by atoms with E-state index in [1.165, 1.54) is 12.4 Å². The molecule has 3 rings (SSSR count). The van der Waals surface area contributed by atoms with Crippen LogP contribution in [-0.2, 0) is 12.6 Å². The Bertz CT molecular complexity index is 940. The van der Waals surface area contributed by atoms with Crippen LogP contribution >= 0.6 is 0 Å². The molecule has 0 radical (unpaired) electrons. The summed E-state index contributed by atoms with van der Waals surface area (Å²) in [6, 6.07) is 1.53. The van der Waals surface area contributed by atoms with Crippen molar-refractivity contribution in [1.29, 1.82) is 0 Å². The van der Waals surface area contributed by atoms with Crippen LogP contribution < -0.4 is 9.47 Å². The summed E-state index contributed by atoms with van der Waals surface area (Å²) in [5.41, 5.74) is 0.854. The Morgan fingerprint density at radius 1 is 0.821 bits per heavy atom. The molecule has 146 valence electrons. The molecule has 0 spiro atoms. The lowest BCUT2D eigenvalue weighted by Gasteiger charge is -2.10. The highest BCUT2D eigenvalue weighted by atomic mass is 19.4. The minimum atomic E-state index is -4.74. The highest BCUT2D eigenvalue weighted by Crippen LogP contribution is 2.32. The molecule has 0 unspecified atom stereocenters. The molecular weight excluding hydrogens is 387 g/mol. The minimum absolute atomic E-state index is 0.110. The number of alkyl halides is 3. The predicted octanol–water partition coefficient (Wildman–Crippen LogP) is 4.71. The molecule has 0 bridgehead atoms. The molecule has 0 aliphatic carbocycles. The minimum Gasteiger partial charge on any atom is -0.448 e. The van der Waals surface area contributed by atoms with Gasteiger partial charge in [0, 0.05) is 24.5 Å². The number of halogens is 5. The maximum atomic E-state index is 14.2. The van der Waals surface area contributed by atoms with Crippen LogP contribution in [0.1, 0.15) is 18.3 Å². The fraction of sp³-hybridized carbons (Fsp3) is 0.176. The first-order valence-corrected chi connectivity index (χ1v) is 7.81. The number of hydrogen-bond acceptors (Lipinski definition) is 6. The number of hydrogen-bond donors (Lipinski definition) is 0. The monoisotopic (exact) mass is 398 g/mol. The van der Waals surface area contributed by atoms with Crippen LogP contribution in [0.25, 0.3) is 0 Å². The van der Waals surface area contributed by atoms with E-state index in [9.17, 15) is 22.0 Å². The highest BCUT2D eigenvalue weighted by Gasteiger charge is 2.34. The topological polar surface area (TPSA) is 70.0 Å². The molecule has 1 aromatic carbocycles. The van der Waals surface area contributed by atoms with Gasteiger partial charge < -0.3 is 9.47 Å². The Hall–Kier alpha value is -3.37. The zero-order valence-corrected chi connectivity index (χ0v) is 14.2.